The summed E-state index contributed by atoms with van der Waals surface area (Å²) >= 11 is 0. The first-order valence-corrected chi connectivity index (χ1v) is 7.96. The van der Waals surface area contributed by atoms with Gasteiger partial charge in [0, 0.05) is 36.8 Å². The van der Waals surface area contributed by atoms with Crippen molar-refractivity contribution in [3.05, 3.63) is 35.9 Å². The van der Waals surface area contributed by atoms with Gasteiger partial charge in [0.05, 0.1) is 0 Å². The van der Waals surface area contributed by atoms with E-state index in [1.54, 1.807) is 6.33 Å². The topological polar surface area (TPSA) is 46.1 Å². The number of piperidine rings is 1. The minimum absolute atomic E-state index is 0.215. The number of likely N-dealkylation sites (tertiary alicyclic amines) is 1. The summed E-state index contributed by atoms with van der Waals surface area (Å²) in [5.41, 5.74) is 2.33. The number of allylic oxidation sites excluding steroid dienone is 2. The molecule has 21 heavy (non-hydrogen) atoms. The third-order valence-electron chi connectivity index (χ3n) is 4.75. The Hall–Kier alpha value is -1.71. The fraction of sp³-hybridized carbons (Fsp3) is 0.588. The van der Waals surface area contributed by atoms with Gasteiger partial charge in [-0.15, -0.1) is 0 Å². The normalized spacial score (nSPS) is 23.3. The van der Waals surface area contributed by atoms with E-state index >= 15 is 0 Å². The number of hydrogen-bond donors (Lipinski definition) is 0. The van der Waals surface area contributed by atoms with Crippen LogP contribution in [-0.4, -0.2) is 33.9 Å². The average molecular weight is 285 g/mol. The van der Waals surface area contributed by atoms with E-state index in [0.717, 1.165) is 50.9 Å². The average Bonchev–Trinajstić information content (AvgIpc) is 2.56. The number of aromatic nitrogens is 2. The molecule has 1 aliphatic carbocycles. The van der Waals surface area contributed by atoms with Crippen LogP contribution >= 0.6 is 0 Å². The van der Waals surface area contributed by atoms with Gasteiger partial charge in [-0.3, -0.25) is 4.79 Å². The molecular formula is C17H23N3O. The maximum Gasteiger partial charge on any atom is 0.226 e. The molecule has 1 atom stereocenters. The van der Waals surface area contributed by atoms with Crippen LogP contribution in [0.1, 0.15) is 49.3 Å². The van der Waals surface area contributed by atoms with Crippen molar-refractivity contribution in [1.29, 1.82) is 0 Å². The van der Waals surface area contributed by atoms with Crippen molar-refractivity contribution in [2.24, 2.45) is 5.92 Å². The van der Waals surface area contributed by atoms with Gasteiger partial charge in [0.2, 0.25) is 5.91 Å². The van der Waals surface area contributed by atoms with E-state index in [0.29, 0.717) is 11.8 Å². The minimum Gasteiger partial charge on any atom is -0.342 e. The number of rotatable bonds is 2. The third-order valence-corrected chi connectivity index (χ3v) is 4.75. The van der Waals surface area contributed by atoms with Gasteiger partial charge in [0.1, 0.15) is 6.33 Å². The number of carbonyl (C=O) groups is 1. The smallest absolute Gasteiger partial charge is 0.226 e. The van der Waals surface area contributed by atoms with Crippen LogP contribution in [0.2, 0.25) is 0 Å². The molecule has 1 aromatic rings. The Bertz CT molecular complexity index is 533. The Labute approximate surface area is 126 Å². The van der Waals surface area contributed by atoms with Crippen molar-refractivity contribution in [1.82, 2.24) is 14.9 Å². The minimum atomic E-state index is 0.215. The fourth-order valence-electron chi connectivity index (χ4n) is 3.49. The van der Waals surface area contributed by atoms with Crippen molar-refractivity contribution in [2.45, 2.75) is 44.9 Å². The Balaban J connectivity index is 1.59. The molecule has 1 aromatic heterocycles. The lowest BCUT2D eigenvalue weighted by Gasteiger charge is -2.34. The SMILES string of the molecule is Cc1cncnc1C1CCN(C(=O)C2CC=CCC2)CC1. The predicted molar refractivity (Wildman–Crippen MR) is 81.8 cm³/mol. The molecule has 4 nitrogen and oxygen atoms in total. The molecule has 0 aromatic carbocycles. The summed E-state index contributed by atoms with van der Waals surface area (Å²) in [7, 11) is 0. The van der Waals surface area contributed by atoms with Gasteiger partial charge in [0.15, 0.2) is 0 Å². The first-order valence-electron chi connectivity index (χ1n) is 7.96. The molecule has 2 aliphatic rings. The number of amides is 1. The summed E-state index contributed by atoms with van der Waals surface area (Å²) < 4.78 is 0. The van der Waals surface area contributed by atoms with E-state index in [4.69, 9.17) is 0 Å². The van der Waals surface area contributed by atoms with Gasteiger partial charge in [-0.1, -0.05) is 12.2 Å². The first kappa shape index (κ1) is 14.2. The highest BCUT2D eigenvalue weighted by molar-refractivity contribution is 5.79. The van der Waals surface area contributed by atoms with Crippen molar-refractivity contribution in [2.75, 3.05) is 13.1 Å². The number of nitrogens with zero attached hydrogens (tertiary/aromatic N) is 3. The molecule has 1 amide bonds. The van der Waals surface area contributed by atoms with Crippen LogP contribution in [0.15, 0.2) is 24.7 Å². The number of aryl methyl sites for hydroxylation is 1. The van der Waals surface area contributed by atoms with E-state index in [2.05, 4.69) is 33.9 Å². The molecular weight excluding hydrogens is 262 g/mol. The molecule has 3 rings (SSSR count). The molecule has 112 valence electrons. The van der Waals surface area contributed by atoms with Crippen molar-refractivity contribution in [3.8, 4) is 0 Å². The Morgan fingerprint density at radius 2 is 2.05 bits per heavy atom. The summed E-state index contributed by atoms with van der Waals surface area (Å²) in [6.45, 7) is 3.81. The van der Waals surface area contributed by atoms with Gasteiger partial charge >= 0.3 is 0 Å². The molecule has 0 bridgehead atoms. The highest BCUT2D eigenvalue weighted by atomic mass is 16.2. The maximum atomic E-state index is 12.5. The fourth-order valence-corrected chi connectivity index (χ4v) is 3.49. The zero-order chi connectivity index (χ0) is 14.7. The van der Waals surface area contributed by atoms with Crippen molar-refractivity contribution in [3.63, 3.8) is 0 Å². The highest BCUT2D eigenvalue weighted by Crippen LogP contribution is 2.30. The summed E-state index contributed by atoms with van der Waals surface area (Å²) in [5.74, 6) is 1.05. The Kier molecular flexibility index (Phi) is 4.32. The summed E-state index contributed by atoms with van der Waals surface area (Å²) in [5, 5.41) is 0. The molecule has 0 saturated carbocycles. The second kappa shape index (κ2) is 6.37. The molecule has 0 N–H and O–H groups in total. The Morgan fingerprint density at radius 1 is 1.24 bits per heavy atom. The van der Waals surface area contributed by atoms with Crippen LogP contribution in [-0.2, 0) is 4.79 Å². The van der Waals surface area contributed by atoms with E-state index in [1.165, 1.54) is 5.56 Å². The van der Waals surface area contributed by atoms with Crippen LogP contribution in [0.3, 0.4) is 0 Å². The van der Waals surface area contributed by atoms with Crippen LogP contribution in [0.5, 0.6) is 0 Å². The second-order valence-corrected chi connectivity index (χ2v) is 6.17. The molecule has 1 saturated heterocycles. The summed E-state index contributed by atoms with van der Waals surface area (Å²) in [6.07, 6.45) is 12.9. The van der Waals surface area contributed by atoms with Crippen LogP contribution < -0.4 is 0 Å². The number of carbonyl (C=O) groups excluding carboxylic acids is 1. The molecule has 1 unspecified atom stereocenters. The van der Waals surface area contributed by atoms with Crippen LogP contribution in [0, 0.1) is 12.8 Å². The van der Waals surface area contributed by atoms with Gasteiger partial charge in [-0.05, 0) is 44.6 Å². The summed E-state index contributed by atoms with van der Waals surface area (Å²) in [4.78, 5) is 23.1. The molecule has 1 aliphatic heterocycles. The first-order chi connectivity index (χ1) is 10.3. The molecule has 2 heterocycles. The zero-order valence-corrected chi connectivity index (χ0v) is 12.7. The predicted octanol–water partition coefficient (Wildman–Crippen LogP) is 2.85. The monoisotopic (exact) mass is 285 g/mol. The van der Waals surface area contributed by atoms with E-state index in [-0.39, 0.29) is 5.92 Å². The quantitative estimate of drug-likeness (QED) is 0.785. The van der Waals surface area contributed by atoms with Crippen molar-refractivity contribution >= 4 is 5.91 Å². The van der Waals surface area contributed by atoms with Crippen LogP contribution in [0.25, 0.3) is 0 Å². The van der Waals surface area contributed by atoms with Gasteiger partial charge < -0.3 is 4.90 Å². The molecule has 1 fully saturated rings. The number of hydrogen-bond acceptors (Lipinski definition) is 3. The van der Waals surface area contributed by atoms with E-state index in [1.807, 2.05) is 6.20 Å². The van der Waals surface area contributed by atoms with E-state index < -0.39 is 0 Å². The lowest BCUT2D eigenvalue weighted by molar-refractivity contribution is -0.136. The Morgan fingerprint density at radius 3 is 2.71 bits per heavy atom. The van der Waals surface area contributed by atoms with Gasteiger partial charge in [0.25, 0.3) is 0 Å². The van der Waals surface area contributed by atoms with Crippen LogP contribution in [0.4, 0.5) is 0 Å². The largest absolute Gasteiger partial charge is 0.342 e. The van der Waals surface area contributed by atoms with Crippen molar-refractivity contribution < 1.29 is 4.79 Å². The maximum absolute atomic E-state index is 12.5. The summed E-state index contributed by atoms with van der Waals surface area (Å²) in [6, 6.07) is 0. The lowest BCUT2D eigenvalue weighted by Crippen LogP contribution is -2.41. The van der Waals surface area contributed by atoms with Gasteiger partial charge in [-0.25, -0.2) is 9.97 Å². The van der Waals surface area contributed by atoms with Gasteiger partial charge in [-0.2, -0.15) is 0 Å². The third kappa shape index (κ3) is 3.14. The molecule has 0 radical (unpaired) electrons. The molecule has 0 spiro atoms. The highest BCUT2D eigenvalue weighted by Gasteiger charge is 2.29. The van der Waals surface area contributed by atoms with E-state index in [9.17, 15) is 4.79 Å². The molecule has 4 heteroatoms. The second-order valence-electron chi connectivity index (χ2n) is 6.17. The lowest BCUT2D eigenvalue weighted by atomic mass is 9.88. The zero-order valence-electron chi connectivity index (χ0n) is 12.7. The standard InChI is InChI=1S/C17H23N3O/c1-13-11-18-12-19-16(13)14-7-9-20(10-8-14)17(21)15-5-3-2-4-6-15/h2-3,11-12,14-15H,4-10H2,1H3.